The normalized spacial score (nSPS) is 20.7. The van der Waals surface area contributed by atoms with Gasteiger partial charge in [0.15, 0.2) is 0 Å². The molecule has 1 aromatic rings. The van der Waals surface area contributed by atoms with Crippen molar-refractivity contribution in [2.75, 3.05) is 32.8 Å². The van der Waals surface area contributed by atoms with Crippen LogP contribution in [0.2, 0.25) is 5.02 Å². The Morgan fingerprint density at radius 3 is 3.16 bits per heavy atom. The molecule has 1 aliphatic rings. The van der Waals surface area contributed by atoms with Crippen LogP contribution in [0.3, 0.4) is 0 Å². The summed E-state index contributed by atoms with van der Waals surface area (Å²) in [6.07, 6.45) is 0.195. The van der Waals surface area contributed by atoms with Crippen molar-refractivity contribution in [3.05, 3.63) is 34.6 Å². The lowest BCUT2D eigenvalue weighted by Crippen LogP contribution is -2.46. The van der Waals surface area contributed by atoms with Crippen molar-refractivity contribution in [3.8, 4) is 0 Å². The number of benzene rings is 1. The maximum absolute atomic E-state index is 13.1. The van der Waals surface area contributed by atoms with Crippen molar-refractivity contribution >= 4 is 11.6 Å². The van der Waals surface area contributed by atoms with Gasteiger partial charge in [-0.25, -0.2) is 4.39 Å². The Bertz CT molecular complexity index is 416. The van der Waals surface area contributed by atoms with Crippen LogP contribution in [0.15, 0.2) is 18.2 Å². The van der Waals surface area contributed by atoms with E-state index in [-0.39, 0.29) is 11.9 Å². The minimum atomic E-state index is -0.257. The molecule has 1 heterocycles. The molecule has 1 atom stereocenters. The molecule has 0 aromatic heterocycles. The third-order valence-corrected chi connectivity index (χ3v) is 3.73. The molecule has 3 nitrogen and oxygen atoms in total. The van der Waals surface area contributed by atoms with Gasteiger partial charge < -0.3 is 10.1 Å². The van der Waals surface area contributed by atoms with Crippen molar-refractivity contribution in [2.24, 2.45) is 0 Å². The average Bonchev–Trinajstić information content (AvgIpc) is 2.43. The molecule has 0 bridgehead atoms. The molecule has 106 valence electrons. The largest absolute Gasteiger partial charge is 0.374 e. The van der Waals surface area contributed by atoms with E-state index in [1.807, 2.05) is 0 Å². The maximum Gasteiger partial charge on any atom is 0.123 e. The van der Waals surface area contributed by atoms with Crippen LogP contribution in [0.4, 0.5) is 4.39 Å². The van der Waals surface area contributed by atoms with Gasteiger partial charge in [-0.15, -0.1) is 0 Å². The third-order valence-electron chi connectivity index (χ3n) is 3.37. The van der Waals surface area contributed by atoms with E-state index in [0.29, 0.717) is 11.6 Å². The summed E-state index contributed by atoms with van der Waals surface area (Å²) in [5.74, 6) is -0.257. The molecule has 1 aromatic carbocycles. The second-order valence-corrected chi connectivity index (χ2v) is 5.16. The van der Waals surface area contributed by atoms with Gasteiger partial charge in [-0.3, -0.25) is 4.90 Å². The van der Waals surface area contributed by atoms with Crippen molar-refractivity contribution in [1.29, 1.82) is 0 Å². The first kappa shape index (κ1) is 14.7. The van der Waals surface area contributed by atoms with Crippen LogP contribution in [0, 0.1) is 5.82 Å². The molecule has 0 spiro atoms. The van der Waals surface area contributed by atoms with E-state index >= 15 is 0 Å². The Morgan fingerprint density at radius 1 is 1.53 bits per heavy atom. The van der Waals surface area contributed by atoms with Gasteiger partial charge in [-0.1, -0.05) is 18.5 Å². The summed E-state index contributed by atoms with van der Waals surface area (Å²) in [4.78, 5) is 2.37. The Hall–Kier alpha value is -0.680. The zero-order valence-corrected chi connectivity index (χ0v) is 11.9. The van der Waals surface area contributed by atoms with Crippen molar-refractivity contribution < 1.29 is 9.13 Å². The molecule has 1 fully saturated rings. The van der Waals surface area contributed by atoms with Gasteiger partial charge in [0.05, 0.1) is 12.7 Å². The highest BCUT2D eigenvalue weighted by Crippen LogP contribution is 2.16. The highest BCUT2D eigenvalue weighted by atomic mass is 35.5. The molecule has 0 saturated carbocycles. The number of hydrogen-bond donors (Lipinski definition) is 1. The molecular formula is C14H20ClFN2O. The molecule has 1 aliphatic heterocycles. The predicted molar refractivity (Wildman–Crippen MR) is 75.0 cm³/mol. The van der Waals surface area contributed by atoms with Crippen LogP contribution in [0.5, 0.6) is 0 Å². The van der Waals surface area contributed by atoms with Crippen LogP contribution in [-0.2, 0) is 11.3 Å². The summed E-state index contributed by atoms with van der Waals surface area (Å²) in [5, 5.41) is 3.87. The number of morpholine rings is 1. The third kappa shape index (κ3) is 4.42. The van der Waals surface area contributed by atoms with Gasteiger partial charge in [0.1, 0.15) is 5.82 Å². The molecular weight excluding hydrogens is 267 g/mol. The van der Waals surface area contributed by atoms with E-state index in [0.717, 1.165) is 38.3 Å². The van der Waals surface area contributed by atoms with E-state index in [2.05, 4.69) is 17.1 Å². The predicted octanol–water partition coefficient (Wildman–Crippen LogP) is 2.29. The van der Waals surface area contributed by atoms with Gasteiger partial charge in [0.2, 0.25) is 0 Å². The molecule has 0 amide bonds. The van der Waals surface area contributed by atoms with Gasteiger partial charge in [0.25, 0.3) is 0 Å². The Labute approximate surface area is 118 Å². The summed E-state index contributed by atoms with van der Waals surface area (Å²) in [5.41, 5.74) is 0.782. The van der Waals surface area contributed by atoms with Crippen LogP contribution in [0.1, 0.15) is 12.5 Å². The molecule has 2 rings (SSSR count). The molecule has 1 unspecified atom stereocenters. The van der Waals surface area contributed by atoms with E-state index in [1.54, 1.807) is 6.07 Å². The zero-order chi connectivity index (χ0) is 13.7. The van der Waals surface area contributed by atoms with Gasteiger partial charge in [0, 0.05) is 31.2 Å². The number of rotatable bonds is 5. The minimum Gasteiger partial charge on any atom is -0.374 e. The Balaban J connectivity index is 1.78. The van der Waals surface area contributed by atoms with Gasteiger partial charge in [-0.2, -0.15) is 0 Å². The smallest absolute Gasteiger partial charge is 0.123 e. The van der Waals surface area contributed by atoms with E-state index < -0.39 is 0 Å². The molecule has 0 aliphatic carbocycles. The number of ether oxygens (including phenoxy) is 1. The second-order valence-electron chi connectivity index (χ2n) is 4.75. The number of halogens is 2. The maximum atomic E-state index is 13.1. The first-order valence-corrected chi connectivity index (χ1v) is 7.05. The summed E-state index contributed by atoms with van der Waals surface area (Å²) in [6, 6.07) is 4.43. The summed E-state index contributed by atoms with van der Waals surface area (Å²) in [7, 11) is 0. The topological polar surface area (TPSA) is 24.5 Å². The van der Waals surface area contributed by atoms with E-state index in [4.69, 9.17) is 16.3 Å². The molecule has 5 heteroatoms. The first-order valence-electron chi connectivity index (χ1n) is 6.67. The fraction of sp³-hybridized carbons (Fsp3) is 0.571. The van der Waals surface area contributed by atoms with Crippen molar-refractivity contribution in [1.82, 2.24) is 10.2 Å². The summed E-state index contributed by atoms with van der Waals surface area (Å²) < 4.78 is 18.8. The Kier molecular flexibility index (Phi) is 5.58. The van der Waals surface area contributed by atoms with Crippen LogP contribution < -0.4 is 5.32 Å². The fourth-order valence-electron chi connectivity index (χ4n) is 2.24. The highest BCUT2D eigenvalue weighted by Gasteiger charge is 2.18. The lowest BCUT2D eigenvalue weighted by atomic mass is 10.2. The van der Waals surface area contributed by atoms with E-state index in [1.165, 1.54) is 12.1 Å². The molecule has 0 radical (unpaired) electrons. The van der Waals surface area contributed by atoms with Crippen molar-refractivity contribution in [3.63, 3.8) is 0 Å². The SMILES string of the molecule is CCN1CCOC(CNCc2cc(F)ccc2Cl)C1. The number of hydrogen-bond acceptors (Lipinski definition) is 3. The minimum absolute atomic E-state index is 0.195. The number of nitrogens with one attached hydrogen (secondary N) is 1. The number of likely N-dealkylation sites (N-methyl/N-ethyl adjacent to an activating group) is 1. The fourth-order valence-corrected chi connectivity index (χ4v) is 2.42. The molecule has 19 heavy (non-hydrogen) atoms. The lowest BCUT2D eigenvalue weighted by Gasteiger charge is -2.32. The second kappa shape index (κ2) is 7.20. The highest BCUT2D eigenvalue weighted by molar-refractivity contribution is 6.31. The Morgan fingerprint density at radius 2 is 2.37 bits per heavy atom. The van der Waals surface area contributed by atoms with Gasteiger partial charge >= 0.3 is 0 Å². The quantitative estimate of drug-likeness (QED) is 0.899. The van der Waals surface area contributed by atoms with Crippen LogP contribution in [-0.4, -0.2) is 43.8 Å². The molecule has 1 N–H and O–H groups in total. The summed E-state index contributed by atoms with van der Waals surface area (Å²) >= 11 is 6.02. The zero-order valence-electron chi connectivity index (χ0n) is 11.2. The van der Waals surface area contributed by atoms with Gasteiger partial charge in [-0.05, 0) is 30.3 Å². The standard InChI is InChI=1S/C14H20ClFN2O/c1-2-18-5-6-19-13(10-18)9-17-8-11-7-12(16)3-4-14(11)15/h3-4,7,13,17H,2,5-6,8-10H2,1H3. The first-order chi connectivity index (χ1) is 9.19. The van der Waals surface area contributed by atoms with E-state index in [9.17, 15) is 4.39 Å². The van der Waals surface area contributed by atoms with Crippen molar-refractivity contribution in [2.45, 2.75) is 19.6 Å². The van der Waals surface area contributed by atoms with Crippen LogP contribution >= 0.6 is 11.6 Å². The monoisotopic (exact) mass is 286 g/mol. The lowest BCUT2D eigenvalue weighted by molar-refractivity contribution is -0.0253. The summed E-state index contributed by atoms with van der Waals surface area (Å²) in [6.45, 7) is 7.24. The van der Waals surface area contributed by atoms with Crippen LogP contribution in [0.25, 0.3) is 0 Å². The number of nitrogens with zero attached hydrogens (tertiary/aromatic N) is 1. The molecule has 1 saturated heterocycles. The average molecular weight is 287 g/mol.